The molecule has 0 amide bonds. The van der Waals surface area contributed by atoms with Crippen LogP contribution in [0, 0.1) is 0 Å². The molecule has 0 saturated carbocycles. The van der Waals surface area contributed by atoms with Crippen molar-refractivity contribution in [2.45, 2.75) is 5.92 Å². The predicted molar refractivity (Wildman–Crippen MR) is 75.3 cm³/mol. The van der Waals surface area contributed by atoms with Gasteiger partial charge in [-0.25, -0.2) is 0 Å². The van der Waals surface area contributed by atoms with Crippen molar-refractivity contribution in [3.63, 3.8) is 0 Å². The van der Waals surface area contributed by atoms with Gasteiger partial charge >= 0.3 is 0 Å². The van der Waals surface area contributed by atoms with Crippen molar-refractivity contribution < 1.29 is 0 Å². The Labute approximate surface area is 106 Å². The fourth-order valence-electron chi connectivity index (χ4n) is 2.42. The molecule has 0 unspecified atom stereocenters. The van der Waals surface area contributed by atoms with E-state index >= 15 is 0 Å². The van der Waals surface area contributed by atoms with Crippen LogP contribution in [0.3, 0.4) is 0 Å². The molecule has 0 nitrogen and oxygen atoms in total. The normalized spacial score (nSPS) is 13.3. The number of hydrogen-bond acceptors (Lipinski definition) is 1. The molecule has 3 rings (SSSR count). The lowest BCUT2D eigenvalue weighted by molar-refractivity contribution is 1.17. The highest BCUT2D eigenvalue weighted by Crippen LogP contribution is 2.45. The largest absolute Gasteiger partial charge is 0.135 e. The Kier molecular flexibility index (Phi) is 2.34. The molecule has 0 aliphatic heterocycles. The minimum atomic E-state index is 0.172. The number of thiocarbonyl (C=S) groups is 1. The minimum Gasteiger partial charge on any atom is -0.135 e. The van der Waals surface area contributed by atoms with Crippen LogP contribution < -0.4 is 0 Å². The van der Waals surface area contributed by atoms with Crippen LogP contribution >= 0.6 is 24.8 Å². The average molecular weight is 242 g/mol. The topological polar surface area (TPSA) is 0 Å². The maximum absolute atomic E-state index is 5.27. The van der Waals surface area contributed by atoms with E-state index in [2.05, 4.69) is 61.2 Å². The van der Waals surface area contributed by atoms with E-state index in [1.54, 1.807) is 0 Å². The Morgan fingerprint density at radius 1 is 0.875 bits per heavy atom. The maximum Gasteiger partial charge on any atom is 0.0567 e. The molecule has 78 valence electrons. The summed E-state index contributed by atoms with van der Waals surface area (Å²) >= 11 is 9.65. The quantitative estimate of drug-likeness (QED) is 0.581. The average Bonchev–Trinajstić information content (AvgIpc) is 2.63. The summed E-state index contributed by atoms with van der Waals surface area (Å²) in [6.45, 7) is 0. The van der Waals surface area contributed by atoms with E-state index in [9.17, 15) is 0 Å². The summed E-state index contributed by atoms with van der Waals surface area (Å²) in [5, 5.41) is 0. The zero-order chi connectivity index (χ0) is 11.1. The molecule has 0 fully saturated rings. The van der Waals surface area contributed by atoms with Crippen molar-refractivity contribution in [2.24, 2.45) is 0 Å². The highest BCUT2D eigenvalue weighted by atomic mass is 32.1. The van der Waals surface area contributed by atoms with Gasteiger partial charge in [-0.15, -0.1) is 12.6 Å². The van der Waals surface area contributed by atoms with E-state index in [1.807, 2.05) is 0 Å². The third kappa shape index (κ3) is 1.34. The number of benzene rings is 2. The van der Waals surface area contributed by atoms with Gasteiger partial charge in [0, 0.05) is 0 Å². The van der Waals surface area contributed by atoms with E-state index in [-0.39, 0.29) is 5.92 Å². The fourth-order valence-corrected chi connectivity index (χ4v) is 2.95. The second-order valence-electron chi connectivity index (χ2n) is 3.95. The highest BCUT2D eigenvalue weighted by Gasteiger charge is 2.29. The highest BCUT2D eigenvalue weighted by molar-refractivity contribution is 8.11. The Hall–Kier alpha value is -1.12. The SMILES string of the molecule is S=C(S)C1c2ccccc2-c2ccccc21. The number of fused-ring (bicyclic) bond motifs is 3. The lowest BCUT2D eigenvalue weighted by Crippen LogP contribution is -2.02. The van der Waals surface area contributed by atoms with Crippen molar-refractivity contribution in [1.82, 2.24) is 0 Å². The van der Waals surface area contributed by atoms with E-state index < -0.39 is 0 Å². The van der Waals surface area contributed by atoms with Gasteiger partial charge < -0.3 is 0 Å². The molecular formula is C14H10S2. The third-order valence-electron chi connectivity index (χ3n) is 3.08. The second kappa shape index (κ2) is 3.72. The van der Waals surface area contributed by atoms with Crippen LogP contribution in [-0.2, 0) is 0 Å². The van der Waals surface area contributed by atoms with Crippen molar-refractivity contribution in [3.05, 3.63) is 59.7 Å². The molecule has 2 aromatic rings. The summed E-state index contributed by atoms with van der Waals surface area (Å²) in [6.07, 6.45) is 0. The first-order chi connectivity index (χ1) is 7.79. The van der Waals surface area contributed by atoms with Crippen LogP contribution in [0.25, 0.3) is 11.1 Å². The first kappa shape index (κ1) is 10.1. The van der Waals surface area contributed by atoms with Crippen LogP contribution in [0.1, 0.15) is 17.0 Å². The van der Waals surface area contributed by atoms with Gasteiger partial charge in [-0.3, -0.25) is 0 Å². The number of hydrogen-bond donors (Lipinski definition) is 1. The molecule has 2 heteroatoms. The van der Waals surface area contributed by atoms with Gasteiger partial charge in [0.15, 0.2) is 0 Å². The molecule has 0 spiro atoms. The predicted octanol–water partition coefficient (Wildman–Crippen LogP) is 4.06. The van der Waals surface area contributed by atoms with Gasteiger partial charge in [0.25, 0.3) is 0 Å². The zero-order valence-corrected chi connectivity index (χ0v) is 10.3. The van der Waals surface area contributed by atoms with Gasteiger partial charge in [0.2, 0.25) is 0 Å². The molecule has 0 aromatic heterocycles. The molecule has 2 aromatic carbocycles. The first-order valence-electron chi connectivity index (χ1n) is 5.20. The molecule has 0 atom stereocenters. The lowest BCUT2D eigenvalue weighted by atomic mass is 9.99. The van der Waals surface area contributed by atoms with E-state index in [0.717, 1.165) is 4.20 Å². The monoisotopic (exact) mass is 242 g/mol. The van der Waals surface area contributed by atoms with Crippen LogP contribution in [0.15, 0.2) is 48.5 Å². The molecule has 0 radical (unpaired) electrons. The number of thiol groups is 1. The standard InChI is InChI=1S/C14H10S2/c15-14(16)13-11-7-3-1-5-9(11)10-6-2-4-8-12(10)13/h1-8,13H,(H,15,16). The van der Waals surface area contributed by atoms with Gasteiger partial charge in [0.05, 0.1) is 10.1 Å². The van der Waals surface area contributed by atoms with Gasteiger partial charge in [-0.05, 0) is 22.3 Å². The third-order valence-corrected chi connectivity index (χ3v) is 3.57. The lowest BCUT2D eigenvalue weighted by Gasteiger charge is -2.10. The van der Waals surface area contributed by atoms with Crippen molar-refractivity contribution >= 4 is 29.0 Å². The maximum atomic E-state index is 5.27. The van der Waals surface area contributed by atoms with E-state index in [1.165, 1.54) is 22.3 Å². The van der Waals surface area contributed by atoms with Crippen molar-refractivity contribution in [2.75, 3.05) is 0 Å². The summed E-state index contributed by atoms with van der Waals surface area (Å²) in [4.78, 5) is 0. The summed E-state index contributed by atoms with van der Waals surface area (Å²) in [5.41, 5.74) is 5.14. The molecule has 0 bridgehead atoms. The minimum absolute atomic E-state index is 0.172. The van der Waals surface area contributed by atoms with Crippen molar-refractivity contribution in [3.8, 4) is 11.1 Å². The Balaban J connectivity index is 2.34. The van der Waals surface area contributed by atoms with Crippen LogP contribution in [-0.4, -0.2) is 4.20 Å². The van der Waals surface area contributed by atoms with E-state index in [0.29, 0.717) is 0 Å². The van der Waals surface area contributed by atoms with Crippen LogP contribution in [0.5, 0.6) is 0 Å². The summed E-state index contributed by atoms with van der Waals surface area (Å²) in [7, 11) is 0. The van der Waals surface area contributed by atoms with Gasteiger partial charge in [0.1, 0.15) is 0 Å². The van der Waals surface area contributed by atoms with Crippen LogP contribution in [0.4, 0.5) is 0 Å². The zero-order valence-electron chi connectivity index (χ0n) is 8.55. The van der Waals surface area contributed by atoms with Crippen molar-refractivity contribution in [1.29, 1.82) is 0 Å². The number of rotatable bonds is 1. The Morgan fingerprint density at radius 3 is 1.75 bits per heavy atom. The smallest absolute Gasteiger partial charge is 0.0567 e. The fraction of sp³-hybridized carbons (Fsp3) is 0.0714. The Bertz CT molecular complexity index is 527. The second-order valence-corrected chi connectivity index (χ2v) is 5.17. The first-order valence-corrected chi connectivity index (χ1v) is 6.05. The Morgan fingerprint density at radius 2 is 1.31 bits per heavy atom. The molecular weight excluding hydrogens is 232 g/mol. The summed E-state index contributed by atoms with van der Waals surface area (Å²) in [6, 6.07) is 16.8. The molecule has 16 heavy (non-hydrogen) atoms. The van der Waals surface area contributed by atoms with Gasteiger partial charge in [-0.2, -0.15) is 0 Å². The molecule has 0 saturated heterocycles. The van der Waals surface area contributed by atoms with E-state index in [4.69, 9.17) is 12.2 Å². The van der Waals surface area contributed by atoms with Gasteiger partial charge in [-0.1, -0.05) is 60.7 Å². The van der Waals surface area contributed by atoms with Crippen LogP contribution in [0.2, 0.25) is 0 Å². The molecule has 1 aliphatic carbocycles. The molecule has 0 heterocycles. The summed E-state index contributed by atoms with van der Waals surface area (Å²) < 4.78 is 0.748. The molecule has 0 N–H and O–H groups in total. The molecule has 1 aliphatic rings. The summed E-state index contributed by atoms with van der Waals surface area (Å²) in [5.74, 6) is 0.172.